The topological polar surface area (TPSA) is 69.7 Å². The van der Waals surface area contributed by atoms with Crippen LogP contribution in [0.5, 0.6) is 0 Å². The van der Waals surface area contributed by atoms with Gasteiger partial charge in [0.2, 0.25) is 5.91 Å². The summed E-state index contributed by atoms with van der Waals surface area (Å²) in [6, 6.07) is 5.60. The first-order valence-corrected chi connectivity index (χ1v) is 8.08. The van der Waals surface area contributed by atoms with Crippen LogP contribution in [0.1, 0.15) is 12.5 Å². The Morgan fingerprint density at radius 3 is 2.23 bits per heavy atom. The molecule has 0 aliphatic carbocycles. The monoisotopic (exact) mass is 415 g/mol. The van der Waals surface area contributed by atoms with Crippen LogP contribution < -0.4 is 5.32 Å². The van der Waals surface area contributed by atoms with Gasteiger partial charge in [-0.2, -0.15) is 0 Å². The lowest BCUT2D eigenvalue weighted by molar-refractivity contribution is -0.145. The third-order valence-corrected chi connectivity index (χ3v) is 4.31. The fourth-order valence-corrected chi connectivity index (χ4v) is 2.96. The maximum atomic E-state index is 12.2. The quantitative estimate of drug-likeness (QED) is 0.554. The number of anilines is 1. The first kappa shape index (κ1) is 16.7. The molecule has 7 heteroatoms. The van der Waals surface area contributed by atoms with E-state index in [-0.39, 0.29) is 5.91 Å². The predicted molar refractivity (Wildman–Crippen MR) is 91.4 cm³/mol. The van der Waals surface area contributed by atoms with Gasteiger partial charge in [-0.3, -0.25) is 14.4 Å². The fourth-order valence-electron chi connectivity index (χ4n) is 2.31. The summed E-state index contributed by atoms with van der Waals surface area (Å²) in [7, 11) is 0. The van der Waals surface area contributed by atoms with Gasteiger partial charge in [0.25, 0.3) is 0 Å². The van der Waals surface area contributed by atoms with E-state index in [0.717, 1.165) is 9.13 Å². The van der Waals surface area contributed by atoms with Gasteiger partial charge in [0.15, 0.2) is 0 Å². The van der Waals surface area contributed by atoms with Crippen LogP contribution in [0.4, 0.5) is 5.69 Å². The van der Waals surface area contributed by atoms with E-state index in [0.29, 0.717) is 31.9 Å². The highest BCUT2D eigenvalue weighted by atomic mass is 127. The van der Waals surface area contributed by atoms with Crippen LogP contribution in [0.15, 0.2) is 18.2 Å². The number of hydrogen-bond donors (Lipinski definition) is 1. The van der Waals surface area contributed by atoms with Gasteiger partial charge >= 0.3 is 11.8 Å². The molecule has 1 heterocycles. The molecule has 1 aliphatic heterocycles. The van der Waals surface area contributed by atoms with Gasteiger partial charge in [0.05, 0.1) is 0 Å². The second-order valence-electron chi connectivity index (χ2n) is 5.21. The molecular formula is C15H18IN3O3. The lowest BCUT2D eigenvalue weighted by atomic mass is 10.2. The fraction of sp³-hybridized carbons (Fsp3) is 0.400. The Hall–Kier alpha value is -1.64. The molecule has 6 nitrogen and oxygen atoms in total. The first-order chi connectivity index (χ1) is 10.4. The molecule has 1 aromatic rings. The van der Waals surface area contributed by atoms with Crippen molar-refractivity contribution in [3.05, 3.63) is 27.3 Å². The van der Waals surface area contributed by atoms with Crippen molar-refractivity contribution < 1.29 is 14.4 Å². The Bertz CT molecular complexity index is 610. The van der Waals surface area contributed by atoms with E-state index >= 15 is 0 Å². The van der Waals surface area contributed by atoms with Crippen LogP contribution >= 0.6 is 22.6 Å². The van der Waals surface area contributed by atoms with Crippen molar-refractivity contribution in [3.8, 4) is 0 Å². The number of aryl methyl sites for hydroxylation is 1. The first-order valence-electron chi connectivity index (χ1n) is 7.00. The minimum atomic E-state index is -0.638. The third kappa shape index (κ3) is 3.96. The van der Waals surface area contributed by atoms with Crippen LogP contribution in [0, 0.1) is 10.5 Å². The summed E-state index contributed by atoms with van der Waals surface area (Å²) < 4.78 is 1.07. The zero-order valence-corrected chi connectivity index (χ0v) is 14.7. The summed E-state index contributed by atoms with van der Waals surface area (Å²) in [5.74, 6) is -1.20. The van der Waals surface area contributed by atoms with E-state index in [9.17, 15) is 14.4 Å². The molecule has 1 aliphatic rings. The molecular weight excluding hydrogens is 397 g/mol. The van der Waals surface area contributed by atoms with Crippen LogP contribution in [0.2, 0.25) is 0 Å². The van der Waals surface area contributed by atoms with Crippen molar-refractivity contribution in [1.82, 2.24) is 9.80 Å². The molecule has 3 amide bonds. The molecule has 1 saturated heterocycles. The van der Waals surface area contributed by atoms with Crippen molar-refractivity contribution in [1.29, 1.82) is 0 Å². The number of hydrogen-bond acceptors (Lipinski definition) is 3. The normalized spacial score (nSPS) is 14.7. The van der Waals surface area contributed by atoms with E-state index in [1.807, 2.05) is 19.1 Å². The SMILES string of the molecule is CC(=O)N1CCN(C(=O)C(=O)Nc2ccc(I)cc2C)CC1. The molecule has 118 valence electrons. The number of halogens is 1. The molecule has 1 fully saturated rings. The smallest absolute Gasteiger partial charge is 0.313 e. The molecule has 0 spiro atoms. The predicted octanol–water partition coefficient (Wildman–Crippen LogP) is 1.23. The van der Waals surface area contributed by atoms with Crippen molar-refractivity contribution in [2.24, 2.45) is 0 Å². The summed E-state index contributed by atoms with van der Waals surface area (Å²) in [5.41, 5.74) is 1.55. The largest absolute Gasteiger partial charge is 0.339 e. The van der Waals surface area contributed by atoms with E-state index in [1.54, 1.807) is 11.0 Å². The summed E-state index contributed by atoms with van der Waals surface area (Å²) in [4.78, 5) is 38.7. The maximum Gasteiger partial charge on any atom is 0.313 e. The van der Waals surface area contributed by atoms with Gasteiger partial charge < -0.3 is 15.1 Å². The number of piperazine rings is 1. The van der Waals surface area contributed by atoms with Gasteiger partial charge in [-0.05, 0) is 53.3 Å². The van der Waals surface area contributed by atoms with Gasteiger partial charge in [-0.1, -0.05) is 0 Å². The summed E-state index contributed by atoms with van der Waals surface area (Å²) in [6.07, 6.45) is 0. The van der Waals surface area contributed by atoms with Gasteiger partial charge in [-0.15, -0.1) is 0 Å². The maximum absolute atomic E-state index is 12.2. The van der Waals surface area contributed by atoms with Crippen molar-refractivity contribution >= 4 is 46.0 Å². The number of nitrogens with zero attached hydrogens (tertiary/aromatic N) is 2. The molecule has 2 rings (SSSR count). The molecule has 22 heavy (non-hydrogen) atoms. The Kier molecular flexibility index (Phi) is 5.38. The van der Waals surface area contributed by atoms with Crippen molar-refractivity contribution in [2.45, 2.75) is 13.8 Å². The number of carbonyl (C=O) groups is 3. The van der Waals surface area contributed by atoms with Crippen LogP contribution in [-0.2, 0) is 14.4 Å². The number of rotatable bonds is 1. The molecule has 1 N–H and O–H groups in total. The molecule has 0 bridgehead atoms. The summed E-state index contributed by atoms with van der Waals surface area (Å²) in [5, 5.41) is 2.65. The van der Waals surface area contributed by atoms with E-state index < -0.39 is 11.8 Å². The highest BCUT2D eigenvalue weighted by Gasteiger charge is 2.27. The average molecular weight is 415 g/mol. The zero-order chi connectivity index (χ0) is 16.3. The van der Waals surface area contributed by atoms with E-state index in [2.05, 4.69) is 27.9 Å². The highest BCUT2D eigenvalue weighted by Crippen LogP contribution is 2.17. The van der Waals surface area contributed by atoms with Crippen LogP contribution in [0.3, 0.4) is 0 Å². The van der Waals surface area contributed by atoms with Crippen LogP contribution in [-0.4, -0.2) is 53.7 Å². The van der Waals surface area contributed by atoms with Crippen LogP contribution in [0.25, 0.3) is 0 Å². The summed E-state index contributed by atoms with van der Waals surface area (Å²) >= 11 is 2.19. The highest BCUT2D eigenvalue weighted by molar-refractivity contribution is 14.1. The van der Waals surface area contributed by atoms with E-state index in [4.69, 9.17) is 0 Å². The Morgan fingerprint density at radius 2 is 1.68 bits per heavy atom. The molecule has 1 aromatic carbocycles. The second kappa shape index (κ2) is 7.08. The molecule has 0 saturated carbocycles. The second-order valence-corrected chi connectivity index (χ2v) is 6.46. The number of nitrogens with one attached hydrogen (secondary N) is 1. The van der Waals surface area contributed by atoms with Gasteiger partial charge in [-0.25, -0.2) is 0 Å². The molecule has 0 radical (unpaired) electrons. The van der Waals surface area contributed by atoms with E-state index in [1.165, 1.54) is 11.8 Å². The Morgan fingerprint density at radius 1 is 1.09 bits per heavy atom. The van der Waals surface area contributed by atoms with Crippen molar-refractivity contribution in [3.63, 3.8) is 0 Å². The van der Waals surface area contributed by atoms with Gasteiger partial charge in [0, 0.05) is 42.4 Å². The zero-order valence-electron chi connectivity index (χ0n) is 12.6. The minimum Gasteiger partial charge on any atom is -0.339 e. The number of amides is 3. The Balaban J connectivity index is 1.95. The average Bonchev–Trinajstić information content (AvgIpc) is 2.49. The third-order valence-electron chi connectivity index (χ3n) is 3.64. The number of benzene rings is 1. The molecule has 0 unspecified atom stereocenters. The van der Waals surface area contributed by atoms with Crippen molar-refractivity contribution in [2.75, 3.05) is 31.5 Å². The summed E-state index contributed by atoms with van der Waals surface area (Å²) in [6.45, 7) is 5.10. The molecule has 0 aromatic heterocycles. The number of carbonyl (C=O) groups excluding carboxylic acids is 3. The minimum absolute atomic E-state index is 0.00827. The lowest BCUT2D eigenvalue weighted by Crippen LogP contribution is -2.52. The Labute approximate surface area is 143 Å². The standard InChI is InChI=1S/C15H18IN3O3/c1-10-9-12(16)3-4-13(10)17-14(21)15(22)19-7-5-18(6-8-19)11(2)20/h3-4,9H,5-8H2,1-2H3,(H,17,21). The lowest BCUT2D eigenvalue weighted by Gasteiger charge is -2.33. The van der Waals surface area contributed by atoms with Gasteiger partial charge in [0.1, 0.15) is 0 Å². The molecule has 0 atom stereocenters.